The van der Waals surface area contributed by atoms with E-state index >= 15 is 0 Å². The molecule has 0 fully saturated rings. The van der Waals surface area contributed by atoms with E-state index in [1.165, 1.54) is 16.9 Å². The summed E-state index contributed by atoms with van der Waals surface area (Å²) in [6.45, 7) is 5.40. The Morgan fingerprint density at radius 2 is 1.97 bits per heavy atom. The minimum Gasteiger partial charge on any atom is -0.494 e. The van der Waals surface area contributed by atoms with Crippen LogP contribution in [-0.2, 0) is 11.3 Å². The van der Waals surface area contributed by atoms with Gasteiger partial charge in [-0.05, 0) is 42.2 Å². The second-order valence-electron chi connectivity index (χ2n) is 8.14. The lowest BCUT2D eigenvalue weighted by Crippen LogP contribution is -2.36. The van der Waals surface area contributed by atoms with Gasteiger partial charge in [0, 0.05) is 25.5 Å². The maximum atomic E-state index is 13.3. The van der Waals surface area contributed by atoms with Crippen molar-refractivity contribution < 1.29 is 14.3 Å². The molecule has 0 aliphatic heterocycles. The van der Waals surface area contributed by atoms with Crippen LogP contribution in [0, 0.1) is 0 Å². The number of fused-ring (bicyclic) bond motifs is 1. The van der Waals surface area contributed by atoms with E-state index in [1.807, 2.05) is 35.0 Å². The van der Waals surface area contributed by atoms with Crippen LogP contribution >= 0.6 is 35.3 Å². The third-order valence-corrected chi connectivity index (χ3v) is 7.00. The normalized spacial score (nSPS) is 10.9. The van der Waals surface area contributed by atoms with E-state index in [0.29, 0.717) is 39.6 Å². The number of nitrogens with zero attached hydrogens (tertiary/aromatic N) is 4. The maximum absolute atomic E-state index is 13.3. The monoisotopic (exact) mass is 534 g/mol. The Balaban J connectivity index is 0.00000342. The number of rotatable bonds is 10. The number of carbonyl (C=O) groups is 1. The smallest absolute Gasteiger partial charge is 0.266 e. The molecule has 0 saturated carbocycles. The Kier molecular flexibility index (Phi) is 9.37. The van der Waals surface area contributed by atoms with Crippen LogP contribution in [0.1, 0.15) is 31.7 Å². The molecule has 0 saturated heterocycles. The number of anilines is 1. The van der Waals surface area contributed by atoms with Gasteiger partial charge < -0.3 is 14.0 Å². The first-order valence-corrected chi connectivity index (χ1v) is 12.3. The first kappa shape index (κ1) is 26.8. The Bertz CT molecular complexity index is 1240. The molecule has 2 aromatic heterocycles. The summed E-state index contributed by atoms with van der Waals surface area (Å²) in [4.78, 5) is 23.7. The largest absolute Gasteiger partial charge is 0.494 e. The SMILES string of the molecule is COc1ccc(Cl)c2sc(N(CCCn3ccnc3)C(=O)COc3ccc(C(C)C)cc3)nc12.Cl. The summed E-state index contributed by atoms with van der Waals surface area (Å²) in [7, 11) is 1.59. The molecule has 10 heteroatoms. The zero-order valence-electron chi connectivity index (χ0n) is 19.8. The molecule has 0 unspecified atom stereocenters. The van der Waals surface area contributed by atoms with Crippen molar-refractivity contribution in [2.45, 2.75) is 32.7 Å². The van der Waals surface area contributed by atoms with E-state index in [4.69, 9.17) is 26.1 Å². The number of ether oxygens (including phenoxy) is 2. The average molecular weight is 535 g/mol. The predicted octanol–water partition coefficient (Wildman–Crippen LogP) is 6.20. The fourth-order valence-electron chi connectivity index (χ4n) is 3.55. The van der Waals surface area contributed by atoms with E-state index < -0.39 is 0 Å². The first-order valence-electron chi connectivity index (χ1n) is 11.1. The molecule has 0 atom stereocenters. The van der Waals surface area contributed by atoms with Gasteiger partial charge in [0.15, 0.2) is 11.7 Å². The Hall–Kier alpha value is -2.81. The van der Waals surface area contributed by atoms with Crippen molar-refractivity contribution in [2.75, 3.05) is 25.2 Å². The number of hydrogen-bond donors (Lipinski definition) is 0. The van der Waals surface area contributed by atoms with Crippen LogP contribution in [0.4, 0.5) is 5.13 Å². The molecule has 1 amide bonds. The second-order valence-corrected chi connectivity index (χ2v) is 9.52. The van der Waals surface area contributed by atoms with Crippen molar-refractivity contribution in [1.82, 2.24) is 14.5 Å². The number of carbonyl (C=O) groups excluding carboxylic acids is 1. The van der Waals surface area contributed by atoms with Crippen molar-refractivity contribution in [3.63, 3.8) is 0 Å². The Labute approximate surface area is 220 Å². The molecule has 0 spiro atoms. The minimum atomic E-state index is -0.173. The molecule has 0 N–H and O–H groups in total. The van der Waals surface area contributed by atoms with Crippen LogP contribution < -0.4 is 14.4 Å². The molecule has 0 radical (unpaired) electrons. The summed E-state index contributed by atoms with van der Waals surface area (Å²) in [5, 5.41) is 1.14. The third kappa shape index (κ3) is 6.45. The Morgan fingerprint density at radius 3 is 2.63 bits per heavy atom. The van der Waals surface area contributed by atoms with Crippen LogP contribution in [0.2, 0.25) is 5.02 Å². The van der Waals surface area contributed by atoms with E-state index in [1.54, 1.807) is 36.7 Å². The Morgan fingerprint density at radius 1 is 1.20 bits per heavy atom. The van der Waals surface area contributed by atoms with Gasteiger partial charge in [-0.2, -0.15) is 0 Å². The highest BCUT2D eigenvalue weighted by Crippen LogP contribution is 2.38. The lowest BCUT2D eigenvalue weighted by atomic mass is 10.0. The van der Waals surface area contributed by atoms with E-state index in [9.17, 15) is 4.79 Å². The van der Waals surface area contributed by atoms with Gasteiger partial charge in [0.05, 0.1) is 23.2 Å². The molecule has 4 aromatic rings. The van der Waals surface area contributed by atoms with Gasteiger partial charge in [0.25, 0.3) is 5.91 Å². The molecular weight excluding hydrogens is 507 g/mol. The van der Waals surface area contributed by atoms with Gasteiger partial charge in [-0.15, -0.1) is 12.4 Å². The van der Waals surface area contributed by atoms with Crippen molar-refractivity contribution in [3.05, 3.63) is 65.7 Å². The topological polar surface area (TPSA) is 69.5 Å². The molecule has 7 nitrogen and oxygen atoms in total. The summed E-state index contributed by atoms with van der Waals surface area (Å²) in [5.74, 6) is 1.54. The molecule has 2 aromatic carbocycles. The lowest BCUT2D eigenvalue weighted by Gasteiger charge is -2.20. The fraction of sp³-hybridized carbons (Fsp3) is 0.320. The summed E-state index contributed by atoms with van der Waals surface area (Å²) in [5.41, 5.74) is 1.87. The van der Waals surface area contributed by atoms with Gasteiger partial charge in [0.2, 0.25) is 0 Å². The highest BCUT2D eigenvalue weighted by molar-refractivity contribution is 7.23. The van der Waals surface area contributed by atoms with Crippen molar-refractivity contribution in [1.29, 1.82) is 0 Å². The van der Waals surface area contributed by atoms with Crippen LogP contribution in [0.5, 0.6) is 11.5 Å². The van der Waals surface area contributed by atoms with Gasteiger partial charge in [0.1, 0.15) is 17.0 Å². The molecule has 4 rings (SSSR count). The number of imidazole rings is 1. The highest BCUT2D eigenvalue weighted by Gasteiger charge is 2.22. The minimum absolute atomic E-state index is 0. The van der Waals surface area contributed by atoms with Crippen LogP contribution in [-0.4, -0.2) is 40.7 Å². The van der Waals surface area contributed by atoms with E-state index in [0.717, 1.165) is 17.7 Å². The summed E-state index contributed by atoms with van der Waals surface area (Å²) < 4.78 is 14.0. The zero-order valence-corrected chi connectivity index (χ0v) is 22.2. The second kappa shape index (κ2) is 12.2. The molecule has 186 valence electrons. The summed E-state index contributed by atoms with van der Waals surface area (Å²) >= 11 is 7.78. The molecule has 35 heavy (non-hydrogen) atoms. The van der Waals surface area contributed by atoms with E-state index in [-0.39, 0.29) is 24.9 Å². The third-order valence-electron chi connectivity index (χ3n) is 5.47. The molecule has 2 heterocycles. The zero-order chi connectivity index (χ0) is 24.1. The number of aromatic nitrogens is 3. The molecule has 0 bridgehead atoms. The standard InChI is InChI=1S/C25H27ClN4O3S.ClH/c1-17(2)18-5-7-19(8-6-18)33-15-22(31)30(13-4-12-29-14-11-27-16-29)25-28-23-21(32-3)10-9-20(26)24(23)34-25;/h5-11,14,16-17H,4,12-13,15H2,1-3H3;1H. The summed E-state index contributed by atoms with van der Waals surface area (Å²) in [6.07, 6.45) is 6.13. The van der Waals surface area contributed by atoms with Crippen molar-refractivity contribution >= 4 is 56.6 Å². The highest BCUT2D eigenvalue weighted by atomic mass is 35.5. The van der Waals surface area contributed by atoms with Gasteiger partial charge in [-0.25, -0.2) is 9.97 Å². The molecule has 0 aliphatic carbocycles. The molecular formula is C25H28Cl2N4O3S. The van der Waals surface area contributed by atoms with Gasteiger partial charge in [-0.3, -0.25) is 9.69 Å². The predicted molar refractivity (Wildman–Crippen MR) is 144 cm³/mol. The molecule has 0 aliphatic rings. The fourth-order valence-corrected chi connectivity index (χ4v) is 4.85. The number of hydrogen-bond acceptors (Lipinski definition) is 6. The van der Waals surface area contributed by atoms with Crippen molar-refractivity contribution in [3.8, 4) is 11.5 Å². The van der Waals surface area contributed by atoms with Crippen LogP contribution in [0.3, 0.4) is 0 Å². The van der Waals surface area contributed by atoms with Crippen molar-refractivity contribution in [2.24, 2.45) is 0 Å². The first-order chi connectivity index (χ1) is 16.5. The van der Waals surface area contributed by atoms with Crippen LogP contribution in [0.15, 0.2) is 55.1 Å². The average Bonchev–Trinajstić information content (AvgIpc) is 3.51. The number of aryl methyl sites for hydroxylation is 1. The van der Waals surface area contributed by atoms with Gasteiger partial charge >= 0.3 is 0 Å². The number of amides is 1. The maximum Gasteiger partial charge on any atom is 0.266 e. The number of thiazole rings is 1. The quantitative estimate of drug-likeness (QED) is 0.242. The number of benzene rings is 2. The number of halogens is 2. The van der Waals surface area contributed by atoms with E-state index in [2.05, 4.69) is 18.8 Å². The lowest BCUT2D eigenvalue weighted by molar-refractivity contribution is -0.120. The van der Waals surface area contributed by atoms with Crippen LogP contribution in [0.25, 0.3) is 10.2 Å². The summed E-state index contributed by atoms with van der Waals surface area (Å²) in [6, 6.07) is 11.4. The number of methoxy groups -OCH3 is 1. The van der Waals surface area contributed by atoms with Gasteiger partial charge in [-0.1, -0.05) is 48.9 Å².